The molecular formula is C29H35N9O. The van der Waals surface area contributed by atoms with Crippen molar-refractivity contribution in [1.82, 2.24) is 30.2 Å². The first-order valence-corrected chi connectivity index (χ1v) is 13.5. The maximum atomic E-state index is 5.64. The Kier molecular flexibility index (Phi) is 7.12. The number of pyridine rings is 2. The van der Waals surface area contributed by atoms with Gasteiger partial charge in [0, 0.05) is 75.5 Å². The summed E-state index contributed by atoms with van der Waals surface area (Å²) in [5, 5.41) is 7.82. The van der Waals surface area contributed by atoms with E-state index in [1.54, 1.807) is 25.7 Å². The van der Waals surface area contributed by atoms with E-state index in [0.29, 0.717) is 11.6 Å². The van der Waals surface area contributed by atoms with Gasteiger partial charge in [-0.25, -0.2) is 15.0 Å². The summed E-state index contributed by atoms with van der Waals surface area (Å²) >= 11 is 0. The van der Waals surface area contributed by atoms with Gasteiger partial charge >= 0.3 is 0 Å². The summed E-state index contributed by atoms with van der Waals surface area (Å²) in [6.45, 7) is 9.96. The highest BCUT2D eigenvalue weighted by Gasteiger charge is 2.21. The van der Waals surface area contributed by atoms with Crippen LogP contribution in [0.1, 0.15) is 5.56 Å². The molecule has 4 aromatic rings. The first-order chi connectivity index (χ1) is 19.1. The molecule has 39 heavy (non-hydrogen) atoms. The molecule has 2 saturated heterocycles. The fraction of sp³-hybridized carbons (Fsp3) is 0.379. The maximum Gasteiger partial charge on any atom is 0.162 e. The van der Waals surface area contributed by atoms with Gasteiger partial charge in [-0.05, 0) is 49.9 Å². The lowest BCUT2D eigenvalue weighted by Crippen LogP contribution is -2.44. The Morgan fingerprint density at radius 2 is 1.74 bits per heavy atom. The predicted molar refractivity (Wildman–Crippen MR) is 156 cm³/mol. The Hall–Kier alpha value is -4.02. The summed E-state index contributed by atoms with van der Waals surface area (Å²) in [4.78, 5) is 26.0. The fourth-order valence-electron chi connectivity index (χ4n) is 5.25. The normalized spacial score (nSPS) is 16.5. The van der Waals surface area contributed by atoms with E-state index in [4.69, 9.17) is 14.7 Å². The van der Waals surface area contributed by atoms with Crippen LogP contribution in [0.4, 0.5) is 23.0 Å². The van der Waals surface area contributed by atoms with Crippen molar-refractivity contribution in [2.45, 2.75) is 6.92 Å². The first-order valence-electron chi connectivity index (χ1n) is 13.5. The molecule has 10 heteroatoms. The van der Waals surface area contributed by atoms with Crippen molar-refractivity contribution in [2.75, 3.05) is 81.6 Å². The Morgan fingerprint density at radius 3 is 2.51 bits per heavy atom. The number of fused-ring (bicyclic) bond motifs is 1. The van der Waals surface area contributed by atoms with Crippen molar-refractivity contribution < 1.29 is 4.74 Å². The molecule has 0 aliphatic carbocycles. The first kappa shape index (κ1) is 25.3. The predicted octanol–water partition coefficient (Wildman–Crippen LogP) is 3.31. The van der Waals surface area contributed by atoms with E-state index >= 15 is 0 Å². The molecule has 3 aromatic heterocycles. The molecular weight excluding hydrogens is 490 g/mol. The van der Waals surface area contributed by atoms with E-state index in [0.717, 1.165) is 86.1 Å². The van der Waals surface area contributed by atoms with Crippen LogP contribution in [0.3, 0.4) is 0 Å². The summed E-state index contributed by atoms with van der Waals surface area (Å²) in [7, 11) is 3.84. The van der Waals surface area contributed by atoms with Crippen LogP contribution in [-0.4, -0.2) is 91.4 Å². The molecule has 0 saturated carbocycles. The van der Waals surface area contributed by atoms with Crippen LogP contribution in [0.25, 0.3) is 22.3 Å². The minimum absolute atomic E-state index is 0.638. The Labute approximate surface area is 229 Å². The smallest absolute Gasteiger partial charge is 0.162 e. The lowest BCUT2D eigenvalue weighted by molar-refractivity contribution is 0.313. The van der Waals surface area contributed by atoms with Gasteiger partial charge in [0.05, 0.1) is 30.4 Å². The number of anilines is 4. The van der Waals surface area contributed by atoms with Crippen LogP contribution in [0.15, 0.2) is 48.9 Å². The van der Waals surface area contributed by atoms with Gasteiger partial charge < -0.3 is 30.1 Å². The van der Waals surface area contributed by atoms with Crippen LogP contribution < -0.4 is 25.2 Å². The summed E-state index contributed by atoms with van der Waals surface area (Å²) in [5.74, 6) is 2.94. The number of benzene rings is 1. The van der Waals surface area contributed by atoms with Crippen LogP contribution in [0.2, 0.25) is 0 Å². The summed E-state index contributed by atoms with van der Waals surface area (Å²) in [6, 6.07) is 10.5. The second-order valence-corrected chi connectivity index (χ2v) is 10.2. The van der Waals surface area contributed by atoms with Crippen LogP contribution in [0.5, 0.6) is 5.75 Å². The number of aromatic nitrogens is 4. The zero-order valence-corrected chi connectivity index (χ0v) is 22.8. The number of methoxy groups -OCH3 is 1. The maximum absolute atomic E-state index is 5.64. The number of nitrogens with one attached hydrogen (secondary N) is 2. The quantitative estimate of drug-likeness (QED) is 0.390. The van der Waals surface area contributed by atoms with Gasteiger partial charge in [-0.1, -0.05) is 0 Å². The SMILES string of the molecule is COc1cncc2nc(-c3ccnc(Nc4ccc(N5CCN(C)CC5)cc4C)c3)nc(N3CCNCC3)c12. The fourth-order valence-corrected chi connectivity index (χ4v) is 5.25. The van der Waals surface area contributed by atoms with Crippen molar-refractivity contribution in [3.05, 3.63) is 54.5 Å². The average Bonchev–Trinajstić information content (AvgIpc) is 2.98. The van der Waals surface area contributed by atoms with Crippen LogP contribution >= 0.6 is 0 Å². The Bertz CT molecular complexity index is 1460. The number of nitrogens with zero attached hydrogens (tertiary/aromatic N) is 7. The molecule has 2 aliphatic rings. The van der Waals surface area contributed by atoms with Crippen molar-refractivity contribution in [3.8, 4) is 17.1 Å². The molecule has 6 rings (SSSR count). The number of hydrogen-bond donors (Lipinski definition) is 2. The van der Waals surface area contributed by atoms with Gasteiger partial charge in [-0.2, -0.15) is 0 Å². The summed E-state index contributed by atoms with van der Waals surface area (Å²) in [5.41, 5.74) is 5.13. The molecule has 2 fully saturated rings. The van der Waals surface area contributed by atoms with E-state index in [1.165, 1.54) is 11.3 Å². The molecule has 0 unspecified atom stereocenters. The molecule has 2 aliphatic heterocycles. The van der Waals surface area contributed by atoms with Crippen molar-refractivity contribution in [1.29, 1.82) is 0 Å². The number of piperazine rings is 2. The van der Waals surface area contributed by atoms with E-state index in [1.807, 2.05) is 12.1 Å². The topological polar surface area (TPSA) is 94.6 Å². The van der Waals surface area contributed by atoms with Gasteiger partial charge in [0.2, 0.25) is 0 Å². The lowest BCUT2D eigenvalue weighted by Gasteiger charge is -2.34. The molecule has 0 radical (unpaired) electrons. The number of aryl methyl sites for hydroxylation is 1. The van der Waals surface area contributed by atoms with E-state index in [9.17, 15) is 0 Å². The zero-order chi connectivity index (χ0) is 26.8. The second kappa shape index (κ2) is 11.0. The number of hydrogen-bond acceptors (Lipinski definition) is 10. The van der Waals surface area contributed by atoms with Gasteiger partial charge in [0.15, 0.2) is 5.82 Å². The van der Waals surface area contributed by atoms with Gasteiger partial charge in [-0.15, -0.1) is 0 Å². The van der Waals surface area contributed by atoms with Gasteiger partial charge in [0.25, 0.3) is 0 Å². The Balaban J connectivity index is 1.30. The van der Waals surface area contributed by atoms with E-state index < -0.39 is 0 Å². The average molecular weight is 526 g/mol. The van der Waals surface area contributed by atoms with E-state index in [-0.39, 0.29) is 0 Å². The molecule has 0 spiro atoms. The van der Waals surface area contributed by atoms with E-state index in [2.05, 4.69) is 67.5 Å². The molecule has 10 nitrogen and oxygen atoms in total. The highest BCUT2D eigenvalue weighted by molar-refractivity contribution is 5.95. The molecule has 0 bridgehead atoms. The molecule has 0 amide bonds. The van der Waals surface area contributed by atoms with Crippen molar-refractivity contribution >= 4 is 33.9 Å². The number of ether oxygens (including phenoxy) is 1. The minimum atomic E-state index is 0.638. The largest absolute Gasteiger partial charge is 0.494 e. The summed E-state index contributed by atoms with van der Waals surface area (Å²) < 4.78 is 5.64. The second-order valence-electron chi connectivity index (χ2n) is 10.2. The minimum Gasteiger partial charge on any atom is -0.494 e. The highest BCUT2D eigenvalue weighted by atomic mass is 16.5. The Morgan fingerprint density at radius 1 is 0.923 bits per heavy atom. The lowest BCUT2D eigenvalue weighted by atomic mass is 10.1. The molecule has 1 aromatic carbocycles. The third kappa shape index (κ3) is 5.30. The third-order valence-electron chi connectivity index (χ3n) is 7.55. The van der Waals surface area contributed by atoms with Crippen molar-refractivity contribution in [2.24, 2.45) is 0 Å². The molecule has 202 valence electrons. The van der Waals surface area contributed by atoms with Gasteiger partial charge in [0.1, 0.15) is 17.4 Å². The van der Waals surface area contributed by atoms with Crippen LogP contribution in [-0.2, 0) is 0 Å². The zero-order valence-electron chi connectivity index (χ0n) is 22.8. The molecule has 2 N–H and O–H groups in total. The standard InChI is InChI=1S/C29H35N9O/c1-20-16-22(37-14-12-36(2)13-15-37)4-5-23(20)33-26-17-21(6-7-32-26)28-34-24-18-31-19-25(39-3)27(24)29(35-28)38-10-8-30-9-11-38/h4-7,16-19,30H,8-15H2,1-3H3,(H,32,33). The monoisotopic (exact) mass is 525 g/mol. The number of likely N-dealkylation sites (N-methyl/N-ethyl adjacent to an activating group) is 1. The van der Waals surface area contributed by atoms with Gasteiger partial charge in [-0.3, -0.25) is 4.98 Å². The summed E-state index contributed by atoms with van der Waals surface area (Å²) in [6.07, 6.45) is 5.30. The third-order valence-corrected chi connectivity index (χ3v) is 7.55. The van der Waals surface area contributed by atoms with Crippen LogP contribution in [0, 0.1) is 6.92 Å². The van der Waals surface area contributed by atoms with Crippen molar-refractivity contribution in [3.63, 3.8) is 0 Å². The molecule has 0 atom stereocenters. The highest BCUT2D eigenvalue weighted by Crippen LogP contribution is 2.34. The molecule has 5 heterocycles. The number of rotatable bonds is 6.